The average molecular weight is 223 g/mol. The van der Waals surface area contributed by atoms with Crippen LogP contribution in [-0.2, 0) is 9.53 Å². The molecule has 16 heavy (non-hydrogen) atoms. The summed E-state index contributed by atoms with van der Waals surface area (Å²) in [5.41, 5.74) is -0.279. The molecule has 0 fully saturated rings. The number of nitrogens with zero attached hydrogens (tertiary/aromatic N) is 1. The summed E-state index contributed by atoms with van der Waals surface area (Å²) < 4.78 is 5.02. The molecule has 0 aliphatic rings. The molecule has 0 unspecified atom stereocenters. The van der Waals surface area contributed by atoms with Gasteiger partial charge in [0.25, 0.3) is 0 Å². The van der Waals surface area contributed by atoms with Crippen molar-refractivity contribution in [3.63, 3.8) is 0 Å². The first-order valence-electron chi connectivity index (χ1n) is 5.84. The summed E-state index contributed by atoms with van der Waals surface area (Å²) in [6.07, 6.45) is 4.04. The van der Waals surface area contributed by atoms with Gasteiger partial charge in [0.15, 0.2) is 5.41 Å². The second-order valence-electron chi connectivity index (χ2n) is 3.78. The Morgan fingerprint density at radius 3 is 2.44 bits per heavy atom. The SMILES string of the molecule is CC/C=C(\C)[C@@](C#N)(CCC)C(=O)OCC. The molecule has 0 rings (SSSR count). The molecule has 0 saturated heterocycles. The lowest BCUT2D eigenvalue weighted by Crippen LogP contribution is -2.33. The summed E-state index contributed by atoms with van der Waals surface area (Å²) in [6, 6.07) is 2.14. The topological polar surface area (TPSA) is 50.1 Å². The number of allylic oxidation sites excluding steroid dienone is 1. The highest BCUT2D eigenvalue weighted by atomic mass is 16.5. The van der Waals surface area contributed by atoms with Gasteiger partial charge in [0, 0.05) is 0 Å². The van der Waals surface area contributed by atoms with E-state index in [0.717, 1.165) is 18.4 Å². The smallest absolute Gasteiger partial charge is 0.330 e. The molecule has 0 aromatic carbocycles. The molecule has 0 saturated carbocycles. The van der Waals surface area contributed by atoms with E-state index in [1.54, 1.807) is 6.92 Å². The Morgan fingerprint density at radius 1 is 1.44 bits per heavy atom. The van der Waals surface area contributed by atoms with E-state index in [0.29, 0.717) is 13.0 Å². The molecular formula is C13H21NO2. The van der Waals surface area contributed by atoms with Crippen molar-refractivity contribution in [2.24, 2.45) is 5.41 Å². The van der Waals surface area contributed by atoms with Crippen molar-refractivity contribution in [3.8, 4) is 6.07 Å². The van der Waals surface area contributed by atoms with Gasteiger partial charge in [-0.15, -0.1) is 0 Å². The summed E-state index contributed by atoms with van der Waals surface area (Å²) >= 11 is 0. The van der Waals surface area contributed by atoms with Crippen LogP contribution in [0, 0.1) is 16.7 Å². The zero-order valence-electron chi connectivity index (χ0n) is 10.7. The van der Waals surface area contributed by atoms with Gasteiger partial charge in [-0.2, -0.15) is 5.26 Å². The molecule has 0 aromatic rings. The van der Waals surface area contributed by atoms with Crippen LogP contribution in [0.3, 0.4) is 0 Å². The molecule has 0 amide bonds. The fourth-order valence-electron chi connectivity index (χ4n) is 1.76. The fourth-order valence-corrected chi connectivity index (χ4v) is 1.76. The minimum Gasteiger partial charge on any atom is -0.465 e. The van der Waals surface area contributed by atoms with E-state index in [-0.39, 0.29) is 0 Å². The van der Waals surface area contributed by atoms with Crippen LogP contribution < -0.4 is 0 Å². The van der Waals surface area contributed by atoms with E-state index in [1.807, 2.05) is 26.8 Å². The lowest BCUT2D eigenvalue weighted by atomic mass is 9.78. The van der Waals surface area contributed by atoms with Crippen molar-refractivity contribution in [2.75, 3.05) is 6.61 Å². The summed E-state index contributed by atoms with van der Waals surface area (Å²) in [5.74, 6) is -0.415. The van der Waals surface area contributed by atoms with Gasteiger partial charge in [0.1, 0.15) is 0 Å². The molecular weight excluding hydrogens is 202 g/mol. The van der Waals surface area contributed by atoms with Gasteiger partial charge >= 0.3 is 5.97 Å². The van der Waals surface area contributed by atoms with Gasteiger partial charge in [-0.3, -0.25) is 0 Å². The highest BCUT2D eigenvalue weighted by molar-refractivity contribution is 5.83. The standard InChI is InChI=1S/C13H21NO2/c1-5-8-11(4)13(10-14,9-6-2)12(15)16-7-3/h8H,5-7,9H2,1-4H3/b11-8+/t13-/m0/s1. The number of rotatable bonds is 6. The Hall–Kier alpha value is -1.30. The Morgan fingerprint density at radius 2 is 2.06 bits per heavy atom. The third-order valence-corrected chi connectivity index (χ3v) is 2.62. The van der Waals surface area contributed by atoms with E-state index in [4.69, 9.17) is 4.74 Å². The van der Waals surface area contributed by atoms with Crippen LogP contribution in [0.2, 0.25) is 0 Å². The van der Waals surface area contributed by atoms with Crippen molar-refractivity contribution < 1.29 is 9.53 Å². The molecule has 1 atom stereocenters. The summed E-state index contributed by atoms with van der Waals surface area (Å²) in [4.78, 5) is 11.9. The molecule has 90 valence electrons. The van der Waals surface area contributed by atoms with Crippen molar-refractivity contribution in [1.82, 2.24) is 0 Å². The Balaban J connectivity index is 5.24. The van der Waals surface area contributed by atoms with Crippen LogP contribution in [0.25, 0.3) is 0 Å². The molecule has 3 nitrogen and oxygen atoms in total. The van der Waals surface area contributed by atoms with E-state index >= 15 is 0 Å². The number of ether oxygens (including phenoxy) is 1. The minimum atomic E-state index is -1.08. The highest BCUT2D eigenvalue weighted by Crippen LogP contribution is 2.33. The molecule has 0 N–H and O–H groups in total. The first-order valence-corrected chi connectivity index (χ1v) is 5.84. The predicted molar refractivity (Wildman–Crippen MR) is 63.6 cm³/mol. The second-order valence-corrected chi connectivity index (χ2v) is 3.78. The molecule has 0 spiro atoms. The molecule has 0 bridgehead atoms. The van der Waals surface area contributed by atoms with Crippen LogP contribution in [0.4, 0.5) is 0 Å². The van der Waals surface area contributed by atoms with Crippen LogP contribution in [-0.4, -0.2) is 12.6 Å². The van der Waals surface area contributed by atoms with Crippen LogP contribution >= 0.6 is 0 Å². The maximum atomic E-state index is 11.9. The predicted octanol–water partition coefficient (Wildman–Crippen LogP) is 3.22. The monoisotopic (exact) mass is 223 g/mol. The Labute approximate surface area is 98.1 Å². The van der Waals surface area contributed by atoms with Gasteiger partial charge in [-0.05, 0) is 32.3 Å². The van der Waals surface area contributed by atoms with Gasteiger partial charge in [-0.1, -0.05) is 26.3 Å². The summed E-state index contributed by atoms with van der Waals surface area (Å²) in [6.45, 7) is 7.85. The zero-order valence-corrected chi connectivity index (χ0v) is 10.7. The van der Waals surface area contributed by atoms with Crippen LogP contribution in [0.1, 0.15) is 47.0 Å². The lowest BCUT2D eigenvalue weighted by molar-refractivity contribution is -0.150. The Bertz CT molecular complexity index is 302. The zero-order chi connectivity index (χ0) is 12.6. The van der Waals surface area contributed by atoms with Gasteiger partial charge in [-0.25, -0.2) is 4.79 Å². The molecule has 0 aliphatic heterocycles. The van der Waals surface area contributed by atoms with E-state index < -0.39 is 11.4 Å². The van der Waals surface area contributed by atoms with Crippen LogP contribution in [0.15, 0.2) is 11.6 Å². The maximum absolute atomic E-state index is 11.9. The van der Waals surface area contributed by atoms with E-state index in [1.165, 1.54) is 0 Å². The largest absolute Gasteiger partial charge is 0.465 e. The minimum absolute atomic E-state index is 0.311. The molecule has 0 aromatic heterocycles. The number of hydrogen-bond donors (Lipinski definition) is 0. The Kier molecular flexibility index (Phi) is 6.48. The molecule has 3 heteroatoms. The van der Waals surface area contributed by atoms with E-state index in [2.05, 4.69) is 6.07 Å². The fraction of sp³-hybridized carbons (Fsp3) is 0.692. The number of nitriles is 1. The third kappa shape index (κ3) is 3.10. The van der Waals surface area contributed by atoms with Crippen molar-refractivity contribution >= 4 is 5.97 Å². The van der Waals surface area contributed by atoms with Crippen molar-refractivity contribution in [3.05, 3.63) is 11.6 Å². The summed E-state index contributed by atoms with van der Waals surface area (Å²) in [5, 5.41) is 9.31. The number of esters is 1. The lowest BCUT2D eigenvalue weighted by Gasteiger charge is -2.24. The van der Waals surface area contributed by atoms with E-state index in [9.17, 15) is 10.1 Å². The van der Waals surface area contributed by atoms with Gasteiger partial charge in [0.2, 0.25) is 0 Å². The van der Waals surface area contributed by atoms with Crippen molar-refractivity contribution in [1.29, 1.82) is 5.26 Å². The first-order chi connectivity index (χ1) is 7.58. The molecule has 0 aliphatic carbocycles. The maximum Gasteiger partial charge on any atom is 0.330 e. The van der Waals surface area contributed by atoms with Gasteiger partial charge in [0.05, 0.1) is 12.7 Å². The average Bonchev–Trinajstić information content (AvgIpc) is 2.26. The number of hydrogen-bond acceptors (Lipinski definition) is 3. The second kappa shape index (κ2) is 7.05. The quantitative estimate of drug-likeness (QED) is 0.513. The van der Waals surface area contributed by atoms with Gasteiger partial charge < -0.3 is 4.74 Å². The van der Waals surface area contributed by atoms with Crippen molar-refractivity contribution in [2.45, 2.75) is 47.0 Å². The third-order valence-electron chi connectivity index (χ3n) is 2.62. The summed E-state index contributed by atoms with van der Waals surface area (Å²) in [7, 11) is 0. The number of carbonyl (C=O) groups is 1. The molecule has 0 heterocycles. The number of carbonyl (C=O) groups excluding carboxylic acids is 1. The normalized spacial score (nSPS) is 15.1. The molecule has 0 radical (unpaired) electrons. The highest BCUT2D eigenvalue weighted by Gasteiger charge is 2.41. The first kappa shape index (κ1) is 14.7. The van der Waals surface area contributed by atoms with Crippen LogP contribution in [0.5, 0.6) is 0 Å².